The van der Waals surface area contributed by atoms with Gasteiger partial charge in [0.05, 0.1) is 51.7 Å². The minimum absolute atomic E-state index is 0.0802. The van der Waals surface area contributed by atoms with Gasteiger partial charge in [0.2, 0.25) is 5.69 Å². The standard InChI is InChI=1S/C12H18N4O7/c1-22-11(20)7-8(12(21)23-2)16(15-14-7)3-5-9(18)10(19)6(4-17)13-5/h5-6,9-10,13,17-19H,3-4H2,1-2H3/t5-,6-,9-,10-/m1/s1. The summed E-state index contributed by atoms with van der Waals surface area (Å²) in [6.07, 6.45) is -2.36. The van der Waals surface area contributed by atoms with Crippen molar-refractivity contribution < 1.29 is 34.4 Å². The van der Waals surface area contributed by atoms with E-state index < -0.39 is 36.2 Å². The molecule has 0 aromatic carbocycles. The molecule has 1 saturated heterocycles. The van der Waals surface area contributed by atoms with Crippen molar-refractivity contribution in [3.8, 4) is 0 Å². The third-order valence-corrected chi connectivity index (χ3v) is 3.66. The Morgan fingerprint density at radius 2 is 1.78 bits per heavy atom. The second kappa shape index (κ2) is 7.00. The second-order valence-electron chi connectivity index (χ2n) is 5.00. The van der Waals surface area contributed by atoms with Crippen LogP contribution in [0.2, 0.25) is 0 Å². The van der Waals surface area contributed by atoms with Crippen molar-refractivity contribution in [3.05, 3.63) is 11.4 Å². The van der Waals surface area contributed by atoms with Gasteiger partial charge in [-0.3, -0.25) is 0 Å². The Morgan fingerprint density at radius 3 is 2.30 bits per heavy atom. The molecule has 0 radical (unpaired) electrons. The molecule has 0 aliphatic carbocycles. The number of aliphatic hydroxyl groups excluding tert-OH is 3. The van der Waals surface area contributed by atoms with Crippen LogP contribution in [0.3, 0.4) is 0 Å². The Labute approximate surface area is 130 Å². The van der Waals surface area contributed by atoms with E-state index in [4.69, 9.17) is 5.11 Å². The van der Waals surface area contributed by atoms with Gasteiger partial charge in [0.15, 0.2) is 5.69 Å². The van der Waals surface area contributed by atoms with Gasteiger partial charge in [-0.25, -0.2) is 14.3 Å². The van der Waals surface area contributed by atoms with E-state index in [9.17, 15) is 19.8 Å². The van der Waals surface area contributed by atoms with Crippen molar-refractivity contribution in [2.75, 3.05) is 20.8 Å². The highest BCUT2D eigenvalue weighted by atomic mass is 16.5. The lowest BCUT2D eigenvalue weighted by atomic mass is 10.1. The highest BCUT2D eigenvalue weighted by molar-refractivity contribution is 6.00. The van der Waals surface area contributed by atoms with Crippen molar-refractivity contribution in [2.45, 2.75) is 30.8 Å². The number of carbonyl (C=O) groups is 2. The molecule has 0 amide bonds. The van der Waals surface area contributed by atoms with Crippen LogP contribution in [0.15, 0.2) is 0 Å². The molecule has 0 saturated carbocycles. The van der Waals surface area contributed by atoms with E-state index in [0.717, 1.165) is 18.9 Å². The fraction of sp³-hybridized carbons (Fsp3) is 0.667. The first kappa shape index (κ1) is 17.3. The summed E-state index contributed by atoms with van der Waals surface area (Å²) >= 11 is 0. The molecule has 0 unspecified atom stereocenters. The SMILES string of the molecule is COC(=O)c1nnn(C[C@H]2N[C@H](CO)[C@@H](O)[C@@H]2O)c1C(=O)OC. The van der Waals surface area contributed by atoms with Crippen molar-refractivity contribution in [3.63, 3.8) is 0 Å². The van der Waals surface area contributed by atoms with Crippen LogP contribution in [-0.2, 0) is 16.0 Å². The number of methoxy groups -OCH3 is 2. The lowest BCUT2D eigenvalue weighted by Crippen LogP contribution is -2.39. The molecule has 2 heterocycles. The zero-order chi connectivity index (χ0) is 17.1. The molecule has 0 spiro atoms. The Bertz CT molecular complexity index is 590. The predicted octanol–water partition coefficient (Wildman–Crippen LogP) is -3.09. The Morgan fingerprint density at radius 1 is 1.17 bits per heavy atom. The molecule has 11 nitrogen and oxygen atoms in total. The van der Waals surface area contributed by atoms with Crippen LogP contribution in [0.1, 0.15) is 21.0 Å². The number of hydrogen-bond acceptors (Lipinski definition) is 10. The van der Waals surface area contributed by atoms with Gasteiger partial charge in [-0.05, 0) is 0 Å². The molecule has 2 rings (SSSR count). The third-order valence-electron chi connectivity index (χ3n) is 3.66. The van der Waals surface area contributed by atoms with E-state index in [1.54, 1.807) is 0 Å². The third kappa shape index (κ3) is 3.17. The maximum atomic E-state index is 11.9. The molecule has 11 heteroatoms. The summed E-state index contributed by atoms with van der Waals surface area (Å²) in [7, 11) is 2.27. The molecule has 1 aromatic rings. The van der Waals surface area contributed by atoms with Crippen LogP contribution in [0, 0.1) is 0 Å². The number of carbonyl (C=O) groups excluding carboxylic acids is 2. The van der Waals surface area contributed by atoms with Crippen molar-refractivity contribution in [1.82, 2.24) is 20.3 Å². The fourth-order valence-electron chi connectivity index (χ4n) is 2.43. The fourth-order valence-corrected chi connectivity index (χ4v) is 2.43. The quantitative estimate of drug-likeness (QED) is 0.408. The van der Waals surface area contributed by atoms with Crippen LogP contribution < -0.4 is 5.32 Å². The van der Waals surface area contributed by atoms with Crippen LogP contribution in [-0.4, -0.2) is 87.4 Å². The van der Waals surface area contributed by atoms with Gasteiger partial charge in [-0.15, -0.1) is 5.10 Å². The van der Waals surface area contributed by atoms with Crippen LogP contribution in [0.25, 0.3) is 0 Å². The Kier molecular flexibility index (Phi) is 5.26. The van der Waals surface area contributed by atoms with Crippen molar-refractivity contribution in [1.29, 1.82) is 0 Å². The van der Waals surface area contributed by atoms with E-state index >= 15 is 0 Å². The van der Waals surface area contributed by atoms with Gasteiger partial charge in [-0.2, -0.15) is 0 Å². The molecule has 1 aliphatic heterocycles. The predicted molar refractivity (Wildman–Crippen MR) is 72.5 cm³/mol. The van der Waals surface area contributed by atoms with E-state index in [-0.39, 0.29) is 24.5 Å². The van der Waals surface area contributed by atoms with Gasteiger partial charge >= 0.3 is 11.9 Å². The van der Waals surface area contributed by atoms with E-state index in [1.807, 2.05) is 0 Å². The summed E-state index contributed by atoms with van der Waals surface area (Å²) in [5.74, 6) is -1.70. The zero-order valence-corrected chi connectivity index (χ0v) is 12.5. The maximum Gasteiger partial charge on any atom is 0.361 e. The molecule has 4 atom stereocenters. The summed E-state index contributed by atoms with van der Waals surface area (Å²) in [4.78, 5) is 23.5. The number of hydrogen-bond donors (Lipinski definition) is 4. The van der Waals surface area contributed by atoms with Crippen molar-refractivity contribution >= 4 is 11.9 Å². The molecule has 4 N–H and O–H groups in total. The highest BCUT2D eigenvalue weighted by Crippen LogP contribution is 2.17. The molecule has 1 aromatic heterocycles. The van der Waals surface area contributed by atoms with E-state index in [2.05, 4.69) is 25.1 Å². The molecule has 0 bridgehead atoms. The largest absolute Gasteiger partial charge is 0.464 e. The summed E-state index contributed by atoms with van der Waals surface area (Å²) in [5, 5.41) is 39.0. The van der Waals surface area contributed by atoms with Crippen molar-refractivity contribution in [2.24, 2.45) is 0 Å². The molecular weight excluding hydrogens is 312 g/mol. The lowest BCUT2D eigenvalue weighted by molar-refractivity contribution is 0.0173. The first-order valence-corrected chi connectivity index (χ1v) is 6.77. The van der Waals surface area contributed by atoms with Gasteiger partial charge in [-0.1, -0.05) is 5.21 Å². The minimum atomic E-state index is -1.19. The van der Waals surface area contributed by atoms with Crippen LogP contribution in [0.4, 0.5) is 0 Å². The molecule has 1 aliphatic rings. The number of nitrogens with one attached hydrogen (secondary N) is 1. The molecule has 23 heavy (non-hydrogen) atoms. The molecule has 1 fully saturated rings. The minimum Gasteiger partial charge on any atom is -0.464 e. The van der Waals surface area contributed by atoms with Crippen LogP contribution >= 0.6 is 0 Å². The normalized spacial score (nSPS) is 27.0. The maximum absolute atomic E-state index is 11.9. The number of aromatic nitrogens is 3. The first-order valence-electron chi connectivity index (χ1n) is 6.77. The number of rotatable bonds is 5. The number of ether oxygens (including phenoxy) is 2. The van der Waals surface area contributed by atoms with Gasteiger partial charge in [0.1, 0.15) is 0 Å². The Balaban J connectivity index is 2.28. The van der Waals surface area contributed by atoms with E-state index in [1.165, 1.54) is 0 Å². The summed E-state index contributed by atoms with van der Waals surface area (Å²) < 4.78 is 10.2. The average Bonchev–Trinajstić information content (AvgIpc) is 3.09. The van der Waals surface area contributed by atoms with Gasteiger partial charge < -0.3 is 30.1 Å². The summed E-state index contributed by atoms with van der Waals surface area (Å²) in [5.41, 5.74) is -0.540. The van der Waals surface area contributed by atoms with Gasteiger partial charge in [0, 0.05) is 0 Å². The zero-order valence-electron chi connectivity index (χ0n) is 12.5. The molecular formula is C12H18N4O7. The summed E-state index contributed by atoms with van der Waals surface area (Å²) in [6, 6.07) is -1.42. The van der Waals surface area contributed by atoms with Gasteiger partial charge in [0.25, 0.3) is 0 Å². The van der Waals surface area contributed by atoms with E-state index in [0.29, 0.717) is 0 Å². The molecule has 128 valence electrons. The monoisotopic (exact) mass is 330 g/mol. The number of esters is 2. The first-order chi connectivity index (χ1) is 10.9. The van der Waals surface area contributed by atoms with Crippen LogP contribution in [0.5, 0.6) is 0 Å². The second-order valence-corrected chi connectivity index (χ2v) is 5.00. The summed E-state index contributed by atoms with van der Waals surface area (Å²) in [6.45, 7) is -0.452. The lowest BCUT2D eigenvalue weighted by Gasteiger charge is -2.16. The highest BCUT2D eigenvalue weighted by Gasteiger charge is 2.41. The Hall–Kier alpha value is -2.08. The number of nitrogens with zero attached hydrogens (tertiary/aromatic N) is 3. The topological polar surface area (TPSA) is 156 Å². The average molecular weight is 330 g/mol. The smallest absolute Gasteiger partial charge is 0.361 e. The number of aliphatic hydroxyl groups is 3.